The van der Waals surface area contributed by atoms with Gasteiger partial charge in [-0.1, -0.05) is 9.59 Å². The summed E-state index contributed by atoms with van der Waals surface area (Å²) in [5.74, 6) is -0.804. The second kappa shape index (κ2) is 4.80. The second-order valence-corrected chi connectivity index (χ2v) is 4.15. The Morgan fingerprint density at radius 2 is 2.11 bits per heavy atom. The average molecular weight is 289 g/mol. The lowest BCUT2D eigenvalue weighted by Crippen LogP contribution is -2.16. The maximum absolute atomic E-state index is 12.5. The lowest BCUT2D eigenvalue weighted by Gasteiger charge is -2.10. The number of amides is 1. The molecule has 1 aromatic carbocycles. The third-order valence-corrected chi connectivity index (χ3v) is 2.66. The number of nitrogens with two attached hydrogens (primary N) is 1. The normalized spacial score (nSPS) is 11.3. The van der Waals surface area contributed by atoms with E-state index in [9.17, 15) is 18.0 Å². The van der Waals surface area contributed by atoms with Crippen LogP contribution in [-0.2, 0) is 6.18 Å². The third-order valence-electron chi connectivity index (χ3n) is 2.15. The van der Waals surface area contributed by atoms with Gasteiger partial charge in [0.05, 0.1) is 11.1 Å². The molecule has 0 saturated heterocycles. The van der Waals surface area contributed by atoms with Crippen LogP contribution in [0.1, 0.15) is 15.9 Å². The van der Waals surface area contributed by atoms with Crippen molar-refractivity contribution in [2.24, 2.45) is 0 Å². The average Bonchev–Trinajstić information content (AvgIpc) is 2.80. The minimum absolute atomic E-state index is 0.0667. The molecule has 3 N–H and O–H groups in total. The number of carbonyl (C=O) groups excluding carboxylic acids is 1. The van der Waals surface area contributed by atoms with Gasteiger partial charge in [0, 0.05) is 17.2 Å². The quantitative estimate of drug-likeness (QED) is 0.822. The van der Waals surface area contributed by atoms with E-state index in [2.05, 4.69) is 20.1 Å². The van der Waals surface area contributed by atoms with Crippen molar-refractivity contribution < 1.29 is 18.0 Å². The number of hydrogen-bond acceptors (Lipinski definition) is 6. The van der Waals surface area contributed by atoms with E-state index < -0.39 is 17.6 Å². The van der Waals surface area contributed by atoms with Crippen molar-refractivity contribution in [3.8, 4) is 0 Å². The van der Waals surface area contributed by atoms with Crippen LogP contribution in [0, 0.1) is 0 Å². The Bertz CT molecular complexity index is 598. The first-order valence-electron chi connectivity index (χ1n) is 4.81. The van der Waals surface area contributed by atoms with Gasteiger partial charge in [0.15, 0.2) is 0 Å². The summed E-state index contributed by atoms with van der Waals surface area (Å²) in [5, 5.41) is 9.01. The molecule has 2 rings (SSSR count). The lowest BCUT2D eigenvalue weighted by atomic mass is 10.1. The summed E-state index contributed by atoms with van der Waals surface area (Å²) in [6.45, 7) is 0. The van der Waals surface area contributed by atoms with Crippen LogP contribution in [0.2, 0.25) is 0 Å². The van der Waals surface area contributed by atoms with Gasteiger partial charge in [0.25, 0.3) is 5.91 Å². The van der Waals surface area contributed by atoms with E-state index in [0.717, 1.165) is 23.7 Å². The van der Waals surface area contributed by atoms with Crippen molar-refractivity contribution >= 4 is 28.3 Å². The molecule has 0 aliphatic heterocycles. The number of alkyl halides is 3. The molecule has 10 heteroatoms. The van der Waals surface area contributed by atoms with Gasteiger partial charge in [0.2, 0.25) is 5.13 Å². The van der Waals surface area contributed by atoms with Gasteiger partial charge >= 0.3 is 6.18 Å². The molecule has 0 aliphatic rings. The van der Waals surface area contributed by atoms with E-state index in [0.29, 0.717) is 6.07 Å². The van der Waals surface area contributed by atoms with Crippen molar-refractivity contribution in [2.45, 2.75) is 6.18 Å². The molecule has 2 aromatic rings. The summed E-state index contributed by atoms with van der Waals surface area (Å²) >= 11 is 0.794. The summed E-state index contributed by atoms with van der Waals surface area (Å²) in [4.78, 5) is 11.8. The number of hydrogen-bond donors (Lipinski definition) is 2. The minimum atomic E-state index is -4.55. The molecule has 0 fully saturated rings. The predicted octanol–water partition coefficient (Wildman–Crippen LogP) is 1.79. The largest absolute Gasteiger partial charge is 0.416 e. The van der Waals surface area contributed by atoms with Gasteiger partial charge < -0.3 is 5.73 Å². The summed E-state index contributed by atoms with van der Waals surface area (Å²) in [6, 6.07) is 2.51. The first kappa shape index (κ1) is 13.2. The Morgan fingerprint density at radius 3 is 2.68 bits per heavy atom. The number of halogens is 3. The van der Waals surface area contributed by atoms with Crippen molar-refractivity contribution in [3.05, 3.63) is 29.3 Å². The standard InChI is InChI=1S/C9H6F3N5OS/c10-9(11,12)4-1-2-6(13)5(3-4)7(18)14-8-15-16-17-19-8/h1-3H,13H2,(H,14,15,17,18). The number of benzene rings is 1. The zero-order chi connectivity index (χ0) is 14.0. The van der Waals surface area contributed by atoms with Crippen LogP contribution in [0.3, 0.4) is 0 Å². The number of aromatic nitrogens is 3. The van der Waals surface area contributed by atoms with Crippen molar-refractivity contribution in [3.63, 3.8) is 0 Å². The highest BCUT2D eigenvalue weighted by Gasteiger charge is 2.31. The first-order chi connectivity index (χ1) is 8.88. The van der Waals surface area contributed by atoms with E-state index >= 15 is 0 Å². The van der Waals surface area contributed by atoms with Gasteiger partial charge in [-0.15, -0.1) is 0 Å². The molecular formula is C9H6F3N5OS. The van der Waals surface area contributed by atoms with Gasteiger partial charge in [-0.25, -0.2) is 0 Å². The summed E-state index contributed by atoms with van der Waals surface area (Å²) < 4.78 is 41.0. The van der Waals surface area contributed by atoms with Crippen LogP contribution < -0.4 is 11.1 Å². The summed E-state index contributed by atoms with van der Waals surface area (Å²) in [7, 11) is 0. The lowest BCUT2D eigenvalue weighted by molar-refractivity contribution is -0.137. The summed E-state index contributed by atoms with van der Waals surface area (Å²) in [5.41, 5.74) is 4.18. The number of carbonyl (C=O) groups is 1. The molecular weight excluding hydrogens is 283 g/mol. The van der Waals surface area contributed by atoms with Gasteiger partial charge in [0.1, 0.15) is 0 Å². The summed E-state index contributed by atoms with van der Waals surface area (Å²) in [6.07, 6.45) is -4.55. The Kier molecular flexibility index (Phi) is 3.34. The molecule has 1 heterocycles. The van der Waals surface area contributed by atoms with Crippen LogP contribution in [0.15, 0.2) is 18.2 Å². The Labute approximate surface area is 108 Å². The van der Waals surface area contributed by atoms with E-state index in [4.69, 9.17) is 5.73 Å². The fraction of sp³-hybridized carbons (Fsp3) is 0.111. The minimum Gasteiger partial charge on any atom is -0.398 e. The highest BCUT2D eigenvalue weighted by Crippen LogP contribution is 2.31. The molecule has 19 heavy (non-hydrogen) atoms. The third kappa shape index (κ3) is 2.96. The fourth-order valence-corrected chi connectivity index (χ4v) is 1.64. The molecule has 0 spiro atoms. The number of nitrogens with one attached hydrogen (secondary N) is 1. The van der Waals surface area contributed by atoms with Crippen LogP contribution in [0.5, 0.6) is 0 Å². The smallest absolute Gasteiger partial charge is 0.398 e. The maximum Gasteiger partial charge on any atom is 0.416 e. The highest BCUT2D eigenvalue weighted by molar-refractivity contribution is 7.09. The molecule has 1 aromatic heterocycles. The number of nitrogen functional groups attached to an aromatic ring is 1. The van der Waals surface area contributed by atoms with Crippen LogP contribution in [0.25, 0.3) is 0 Å². The zero-order valence-corrected chi connectivity index (χ0v) is 9.92. The molecule has 0 bridgehead atoms. The molecule has 1 amide bonds. The van der Waals surface area contributed by atoms with Crippen molar-refractivity contribution in [1.29, 1.82) is 0 Å². The molecule has 0 aliphatic carbocycles. The monoisotopic (exact) mass is 289 g/mol. The van der Waals surface area contributed by atoms with Crippen LogP contribution >= 0.6 is 11.5 Å². The number of rotatable bonds is 2. The van der Waals surface area contributed by atoms with Gasteiger partial charge in [-0.05, 0) is 23.4 Å². The molecule has 0 saturated carbocycles. The first-order valence-corrected chi connectivity index (χ1v) is 5.58. The Balaban J connectivity index is 2.31. The van der Waals surface area contributed by atoms with Gasteiger partial charge in [-0.2, -0.15) is 13.2 Å². The maximum atomic E-state index is 12.5. The second-order valence-electron chi connectivity index (χ2n) is 3.42. The highest BCUT2D eigenvalue weighted by atomic mass is 32.1. The molecule has 6 nitrogen and oxygen atoms in total. The topological polar surface area (TPSA) is 93.8 Å². The van der Waals surface area contributed by atoms with Gasteiger partial charge in [-0.3, -0.25) is 10.1 Å². The predicted molar refractivity (Wildman–Crippen MR) is 61.5 cm³/mol. The Morgan fingerprint density at radius 1 is 1.37 bits per heavy atom. The fourth-order valence-electron chi connectivity index (χ4n) is 1.28. The molecule has 100 valence electrons. The van der Waals surface area contributed by atoms with E-state index in [1.54, 1.807) is 0 Å². The number of anilines is 2. The van der Waals surface area contributed by atoms with Crippen molar-refractivity contribution in [1.82, 2.24) is 14.8 Å². The SMILES string of the molecule is Nc1ccc(C(F)(F)F)cc1C(=O)Nc1nnns1. The van der Waals surface area contributed by atoms with E-state index in [1.165, 1.54) is 0 Å². The molecule has 0 radical (unpaired) electrons. The zero-order valence-electron chi connectivity index (χ0n) is 9.10. The van der Waals surface area contributed by atoms with Crippen LogP contribution in [0.4, 0.5) is 24.0 Å². The molecule has 0 unspecified atom stereocenters. The van der Waals surface area contributed by atoms with Crippen molar-refractivity contribution in [2.75, 3.05) is 11.1 Å². The van der Waals surface area contributed by atoms with E-state index in [1.807, 2.05) is 0 Å². The number of nitrogens with zero attached hydrogens (tertiary/aromatic N) is 3. The van der Waals surface area contributed by atoms with E-state index in [-0.39, 0.29) is 16.4 Å². The van der Waals surface area contributed by atoms with Crippen LogP contribution in [-0.4, -0.2) is 20.7 Å². The molecule has 0 atom stereocenters. The Hall–Kier alpha value is -2.23.